The van der Waals surface area contributed by atoms with E-state index in [0.717, 1.165) is 0 Å². The topological polar surface area (TPSA) is 61.0 Å². The Hall–Kier alpha value is 2.35. The van der Waals surface area contributed by atoms with Crippen LogP contribution in [0.15, 0.2) is 0 Å². The molecule has 0 spiro atoms. The first-order chi connectivity index (χ1) is 0. The van der Waals surface area contributed by atoms with Gasteiger partial charge in [0.2, 0.25) is 0 Å². The van der Waals surface area contributed by atoms with Crippen molar-refractivity contribution in [1.29, 1.82) is 0 Å². The third kappa shape index (κ3) is 32.9. The average Bonchev–Trinajstić information content (AvgIpc) is 0. The minimum Gasteiger partial charge on any atom is -3.00 e. The molecule has 0 unspecified atom stereocenters. The van der Waals surface area contributed by atoms with Gasteiger partial charge < -0.3 is 12.3 Å². The summed E-state index contributed by atoms with van der Waals surface area (Å²) in [7, 11) is 0. The fourth-order valence-corrected chi connectivity index (χ4v) is 0. The van der Waals surface area contributed by atoms with Crippen LogP contribution in [0.2, 0.25) is 0 Å². The van der Waals surface area contributed by atoms with Gasteiger partial charge >= 0.3 is 76.4 Å². The summed E-state index contributed by atoms with van der Waals surface area (Å²) in [6.45, 7) is 0. The Morgan fingerprint density at radius 3 is 0.500 bits per heavy atom. The van der Waals surface area contributed by atoms with Gasteiger partial charge in [-0.3, -0.25) is 0 Å². The molecular weight excluding hydrogens is 119 g/mol. The van der Waals surface area contributed by atoms with E-state index in [9.17, 15) is 0 Å². The van der Waals surface area contributed by atoms with Gasteiger partial charge in [0.05, 0.1) is 0 Å². The molecule has 0 bridgehead atoms. The first kappa shape index (κ1) is 81.7. The Morgan fingerprint density at radius 1 is 0.500 bits per heavy atom. The van der Waals surface area contributed by atoms with Gasteiger partial charge in [-0.15, -0.1) is 0 Å². The van der Waals surface area contributed by atoms with E-state index in [4.69, 9.17) is 0 Å². The second-order valence-electron chi connectivity index (χ2n) is 0. The molecule has 0 radical (unpaired) electrons. The number of rotatable bonds is 0. The maximum absolute atomic E-state index is 0. The molecule has 0 aromatic heterocycles. The summed E-state index contributed by atoms with van der Waals surface area (Å²) in [4.78, 5) is 0. The van der Waals surface area contributed by atoms with E-state index in [2.05, 4.69) is 0 Å². The van der Waals surface area contributed by atoms with Crippen molar-refractivity contribution in [2.24, 2.45) is 0 Å². The van der Waals surface area contributed by atoms with Crippen molar-refractivity contribution in [2.45, 2.75) is 0 Å². The van der Waals surface area contributed by atoms with Crippen molar-refractivity contribution in [1.82, 2.24) is 0 Å². The zero-order valence-corrected chi connectivity index (χ0v) is 6.89. The average molecular weight is 119 g/mol. The molecule has 0 aliphatic heterocycles. The molecule has 0 aromatic carbocycles. The molecule has 6 heteroatoms. The summed E-state index contributed by atoms with van der Waals surface area (Å²) in [5.74, 6) is 0. The van der Waals surface area contributed by atoms with Gasteiger partial charge in [0, 0.05) is 0 Å². The van der Waals surface area contributed by atoms with Crippen molar-refractivity contribution < 1.29 is 56.6 Å². The second-order valence-corrected chi connectivity index (χ2v) is 0. The Morgan fingerprint density at radius 2 is 0.500 bits per heavy atom. The Kier molecular flexibility index (Phi) is 731. The van der Waals surface area contributed by atoms with Crippen LogP contribution in [-0.4, -0.2) is 19.8 Å². The molecule has 0 saturated carbocycles. The summed E-state index contributed by atoms with van der Waals surface area (Å²) in [5, 5.41) is 0. The van der Waals surface area contributed by atoms with Gasteiger partial charge in [-0.1, -0.05) is 0 Å². The Bertz CT molecular complexity index is 8.75. The fourth-order valence-electron chi connectivity index (χ4n) is 0. The zero-order valence-electron chi connectivity index (χ0n) is 4.47. The maximum Gasteiger partial charge on any atom is 3.00 e. The van der Waals surface area contributed by atoms with Crippen LogP contribution in [0.1, 0.15) is 0 Å². The van der Waals surface area contributed by atoms with E-state index in [1.54, 1.807) is 0 Å². The Balaban J connectivity index is 0. The van der Waals surface area contributed by atoms with Crippen LogP contribution in [0.5, 0.6) is 0 Å². The summed E-state index contributed by atoms with van der Waals surface area (Å²) in [5.41, 5.74) is 0. The molecule has 6 heavy (non-hydrogen) atoms. The molecule has 0 saturated heterocycles. The van der Waals surface area contributed by atoms with Crippen LogP contribution in [0.25, 0.3) is 12.3 Å². The summed E-state index contributed by atoms with van der Waals surface area (Å²) < 4.78 is 0. The second kappa shape index (κ2) is 53.7. The minimum atomic E-state index is 0. The van der Waals surface area contributed by atoms with E-state index in [1.807, 2.05) is 0 Å². The largest absolute Gasteiger partial charge is 3.00 e. The van der Waals surface area contributed by atoms with Crippen molar-refractivity contribution in [3.8, 4) is 0 Å². The first-order valence-corrected chi connectivity index (χ1v) is 0. The molecule has 0 aromatic rings. The summed E-state index contributed by atoms with van der Waals surface area (Å²) in [6, 6.07) is 0. The van der Waals surface area contributed by atoms with Crippen LogP contribution in [0.3, 0.4) is 0 Å². The first-order valence-electron chi connectivity index (χ1n) is 0. The van der Waals surface area contributed by atoms with Gasteiger partial charge in [0.1, 0.15) is 0 Å². The van der Waals surface area contributed by atoms with Crippen molar-refractivity contribution >= 4 is 19.8 Å². The van der Waals surface area contributed by atoms with Crippen LogP contribution in [0, 0.1) is 0 Å². The molecular formula is GaLi3N2. The Labute approximate surface area is 87.7 Å². The summed E-state index contributed by atoms with van der Waals surface area (Å²) in [6.07, 6.45) is 0. The number of hydrogen-bond donors (Lipinski definition) is 0. The monoisotopic (exact) mass is 118 g/mol. The molecule has 0 aliphatic rings. The third-order valence-corrected chi connectivity index (χ3v) is 0. The van der Waals surface area contributed by atoms with Gasteiger partial charge in [-0.2, -0.15) is 0 Å². The predicted molar refractivity (Wildman–Crippen MR) is 12.5 cm³/mol. The standard InChI is InChI=1S/Ga.3Li.2N/q+3;3*+1;2*-3. The van der Waals surface area contributed by atoms with Crippen molar-refractivity contribution in [2.75, 3.05) is 0 Å². The van der Waals surface area contributed by atoms with E-state index >= 15 is 0 Å². The zero-order chi connectivity index (χ0) is 0. The maximum atomic E-state index is 0. The van der Waals surface area contributed by atoms with E-state index in [-0.39, 0.29) is 88.7 Å². The summed E-state index contributed by atoms with van der Waals surface area (Å²) >= 11 is 0. The van der Waals surface area contributed by atoms with Crippen molar-refractivity contribution in [3.63, 3.8) is 0 Å². The molecule has 0 rings (SSSR count). The van der Waals surface area contributed by atoms with Gasteiger partial charge in [-0.05, 0) is 0 Å². The fraction of sp³-hybridized carbons (Fsp3) is 0. The molecule has 0 fully saturated rings. The van der Waals surface area contributed by atoms with Gasteiger partial charge in [0.25, 0.3) is 0 Å². The van der Waals surface area contributed by atoms with Crippen LogP contribution in [0.4, 0.5) is 0 Å². The molecule has 0 N–H and O–H groups in total. The smallest absolute Gasteiger partial charge is 3.00 e. The van der Waals surface area contributed by atoms with Gasteiger partial charge in [0.15, 0.2) is 0 Å². The van der Waals surface area contributed by atoms with E-state index in [0.29, 0.717) is 0 Å². The molecule has 0 atom stereocenters. The predicted octanol–water partition coefficient (Wildman–Crippen LogP) is -8.79. The SMILES string of the molecule is [Ga+3].[Li+].[Li+].[Li+].[N-3].[N-3]. The van der Waals surface area contributed by atoms with E-state index < -0.39 is 0 Å². The van der Waals surface area contributed by atoms with Crippen LogP contribution >= 0.6 is 0 Å². The quantitative estimate of drug-likeness (QED) is 0.284. The van der Waals surface area contributed by atoms with Crippen molar-refractivity contribution in [3.05, 3.63) is 12.3 Å². The van der Waals surface area contributed by atoms with E-state index in [1.165, 1.54) is 0 Å². The molecule has 0 aliphatic carbocycles. The number of hydrogen-bond acceptors (Lipinski definition) is 0. The number of nitrogens with zero attached hydrogens (tertiary/aromatic N) is 2. The normalized spacial score (nSPS) is 0. The van der Waals surface area contributed by atoms with Gasteiger partial charge in [-0.25, -0.2) is 0 Å². The molecule has 0 amide bonds. The molecule has 16 valence electrons. The minimum absolute atomic E-state index is 0. The van der Waals surface area contributed by atoms with Crippen LogP contribution in [-0.2, 0) is 0 Å². The molecule has 0 heterocycles. The molecule has 2 nitrogen and oxygen atoms in total. The third-order valence-electron chi connectivity index (χ3n) is 0. The van der Waals surface area contributed by atoms with Crippen LogP contribution < -0.4 is 56.6 Å².